The van der Waals surface area contributed by atoms with Crippen LogP contribution in [0.2, 0.25) is 0 Å². The first-order chi connectivity index (χ1) is 21.4. The predicted octanol–water partition coefficient (Wildman–Crippen LogP) is 11.5. The molecule has 0 saturated carbocycles. The van der Waals surface area contributed by atoms with E-state index in [0.717, 1.165) is 49.8 Å². The Kier molecular flexibility index (Phi) is 4.53. The third-order valence-corrected chi connectivity index (χ3v) is 9.37. The summed E-state index contributed by atoms with van der Waals surface area (Å²) in [6.07, 6.45) is 0. The molecule has 0 unspecified atom stereocenters. The summed E-state index contributed by atoms with van der Waals surface area (Å²) in [5.74, 6) is 1.74. The van der Waals surface area contributed by atoms with Gasteiger partial charge in [-0.25, -0.2) is 0 Å². The number of furan rings is 1. The maximum atomic E-state index is 7.21. The minimum Gasteiger partial charge on any atom is -0.456 e. The fourth-order valence-electron chi connectivity index (χ4n) is 7.62. The van der Waals surface area contributed by atoms with Gasteiger partial charge in [0.2, 0.25) is 0 Å². The van der Waals surface area contributed by atoms with Gasteiger partial charge in [-0.3, -0.25) is 0 Å². The molecule has 1 aliphatic rings. The Morgan fingerprint density at radius 1 is 0.349 bits per heavy atom. The molecule has 2 heteroatoms. The van der Waals surface area contributed by atoms with Crippen molar-refractivity contribution in [2.24, 2.45) is 0 Å². The molecule has 1 aromatic heterocycles. The maximum absolute atomic E-state index is 7.21. The number of hydrogen-bond donors (Lipinski definition) is 0. The fraction of sp³-hybridized carbons (Fsp3) is 0.0244. The van der Waals surface area contributed by atoms with Gasteiger partial charge in [0.05, 0.1) is 0 Å². The molecule has 0 aliphatic carbocycles. The molecule has 43 heavy (non-hydrogen) atoms. The van der Waals surface area contributed by atoms with Crippen molar-refractivity contribution in [3.05, 3.63) is 156 Å². The molecular formula is C41H24O2. The lowest BCUT2D eigenvalue weighted by Gasteiger charge is -2.33. The molecule has 0 fully saturated rings. The Hall–Kier alpha value is -5.60. The minimum absolute atomic E-state index is 0.118. The Labute approximate surface area is 247 Å². The van der Waals surface area contributed by atoms with Crippen LogP contribution in [-0.4, -0.2) is 0 Å². The zero-order valence-corrected chi connectivity index (χ0v) is 23.2. The monoisotopic (exact) mass is 548 g/mol. The summed E-state index contributed by atoms with van der Waals surface area (Å²) >= 11 is 0. The second kappa shape index (κ2) is 8.47. The highest BCUT2D eigenvalue weighted by atomic mass is 16.5. The summed E-state index contributed by atoms with van der Waals surface area (Å²) in [7, 11) is 0. The van der Waals surface area contributed by atoms with E-state index in [0.29, 0.717) is 0 Å². The molecule has 2 nitrogen and oxygen atoms in total. The lowest BCUT2D eigenvalue weighted by Crippen LogP contribution is -2.14. The van der Waals surface area contributed by atoms with Crippen LogP contribution in [0.1, 0.15) is 22.6 Å². The zero-order chi connectivity index (χ0) is 28.1. The molecular weight excluding hydrogens is 524 g/mol. The van der Waals surface area contributed by atoms with Gasteiger partial charge in [0, 0.05) is 44.2 Å². The largest absolute Gasteiger partial charge is 0.456 e. The van der Waals surface area contributed by atoms with Gasteiger partial charge in [-0.05, 0) is 38.4 Å². The van der Waals surface area contributed by atoms with Crippen LogP contribution in [0.25, 0.3) is 65.0 Å². The Bertz CT molecular complexity index is 2480. The maximum Gasteiger partial charge on any atom is 0.140 e. The van der Waals surface area contributed by atoms with Gasteiger partial charge >= 0.3 is 0 Å². The van der Waals surface area contributed by atoms with Crippen molar-refractivity contribution in [1.29, 1.82) is 0 Å². The normalized spacial score (nSPS) is 13.2. The van der Waals surface area contributed by atoms with Crippen LogP contribution in [0, 0.1) is 0 Å². The van der Waals surface area contributed by atoms with E-state index in [4.69, 9.17) is 9.15 Å². The summed E-state index contributed by atoms with van der Waals surface area (Å²) in [6, 6.07) is 49.8. The Morgan fingerprint density at radius 2 is 0.767 bits per heavy atom. The summed E-state index contributed by atoms with van der Waals surface area (Å²) in [6.45, 7) is 0. The number of benzene rings is 8. The van der Waals surface area contributed by atoms with Crippen molar-refractivity contribution in [2.75, 3.05) is 0 Å². The second-order valence-corrected chi connectivity index (χ2v) is 11.5. The Morgan fingerprint density at radius 3 is 1.33 bits per heavy atom. The highest BCUT2D eigenvalue weighted by Crippen LogP contribution is 2.58. The first-order valence-corrected chi connectivity index (χ1v) is 14.8. The first-order valence-electron chi connectivity index (χ1n) is 14.8. The average Bonchev–Trinajstić information content (AvgIpc) is 3.47. The van der Waals surface area contributed by atoms with Crippen LogP contribution in [0.3, 0.4) is 0 Å². The molecule has 0 amide bonds. The van der Waals surface area contributed by atoms with Gasteiger partial charge in [-0.2, -0.15) is 0 Å². The molecule has 0 N–H and O–H groups in total. The van der Waals surface area contributed by atoms with Gasteiger partial charge in [0.25, 0.3) is 0 Å². The molecule has 9 aromatic rings. The number of para-hydroxylation sites is 2. The van der Waals surface area contributed by atoms with Crippen molar-refractivity contribution >= 4 is 65.0 Å². The standard InChI is InChI=1S/C41H24O2/c1-5-17-29-24(12-1)26-14-3-7-19-31(26)40-37(29)36(34-22-11-21-33-28-16-9-10-23-35(28)42-39(33)34)38-30-18-6-2-13-25(30)27-15-4-8-20-32(27)41(38)43-40/h1-23,36H. The van der Waals surface area contributed by atoms with E-state index in [9.17, 15) is 0 Å². The van der Waals surface area contributed by atoms with Crippen molar-refractivity contribution < 1.29 is 9.15 Å². The SMILES string of the molecule is c1ccc2c(c1)oc1c(C3c4c(c5ccccc5c5ccccc45)Oc4c3c3ccccc3c3ccccc43)cccc12. The molecule has 0 saturated heterocycles. The fourth-order valence-corrected chi connectivity index (χ4v) is 7.62. The van der Waals surface area contributed by atoms with Gasteiger partial charge in [0.15, 0.2) is 0 Å². The van der Waals surface area contributed by atoms with Crippen LogP contribution < -0.4 is 4.74 Å². The summed E-state index contributed by atoms with van der Waals surface area (Å²) in [4.78, 5) is 0. The Balaban J connectivity index is 1.46. The molecule has 0 bridgehead atoms. The molecule has 0 spiro atoms. The van der Waals surface area contributed by atoms with E-state index in [-0.39, 0.29) is 5.92 Å². The number of hydrogen-bond acceptors (Lipinski definition) is 2. The van der Waals surface area contributed by atoms with Crippen LogP contribution in [0.5, 0.6) is 11.5 Å². The third-order valence-electron chi connectivity index (χ3n) is 9.37. The lowest BCUT2D eigenvalue weighted by atomic mass is 9.76. The van der Waals surface area contributed by atoms with Crippen LogP contribution >= 0.6 is 0 Å². The van der Waals surface area contributed by atoms with Gasteiger partial charge in [-0.15, -0.1) is 0 Å². The van der Waals surface area contributed by atoms with Crippen molar-refractivity contribution in [2.45, 2.75) is 5.92 Å². The minimum atomic E-state index is -0.118. The second-order valence-electron chi connectivity index (χ2n) is 11.5. The molecule has 2 heterocycles. The first kappa shape index (κ1) is 23.0. The molecule has 0 radical (unpaired) electrons. The van der Waals surface area contributed by atoms with E-state index < -0.39 is 0 Å². The van der Waals surface area contributed by atoms with E-state index in [1.165, 1.54) is 43.4 Å². The number of fused-ring (bicyclic) bond motifs is 15. The summed E-state index contributed by atoms with van der Waals surface area (Å²) in [5.41, 5.74) is 5.37. The molecule has 8 aromatic carbocycles. The average molecular weight is 549 g/mol. The predicted molar refractivity (Wildman–Crippen MR) is 178 cm³/mol. The van der Waals surface area contributed by atoms with Crippen LogP contribution in [-0.2, 0) is 0 Å². The quantitative estimate of drug-likeness (QED) is 0.190. The highest BCUT2D eigenvalue weighted by Gasteiger charge is 2.36. The topological polar surface area (TPSA) is 22.4 Å². The van der Waals surface area contributed by atoms with Gasteiger partial charge in [0.1, 0.15) is 22.7 Å². The molecule has 0 atom stereocenters. The number of rotatable bonds is 1. The van der Waals surface area contributed by atoms with Gasteiger partial charge in [-0.1, -0.05) is 133 Å². The van der Waals surface area contributed by atoms with Crippen molar-refractivity contribution in [3.8, 4) is 11.5 Å². The van der Waals surface area contributed by atoms with Gasteiger partial charge < -0.3 is 9.15 Å². The van der Waals surface area contributed by atoms with E-state index in [2.05, 4.69) is 133 Å². The number of ether oxygens (including phenoxy) is 1. The van der Waals surface area contributed by atoms with E-state index in [1.807, 2.05) is 6.07 Å². The highest BCUT2D eigenvalue weighted by molar-refractivity contribution is 6.17. The van der Waals surface area contributed by atoms with Crippen molar-refractivity contribution in [1.82, 2.24) is 0 Å². The molecule has 1 aliphatic heterocycles. The van der Waals surface area contributed by atoms with Crippen molar-refractivity contribution in [3.63, 3.8) is 0 Å². The summed E-state index contributed by atoms with van der Waals surface area (Å²) < 4.78 is 13.9. The third kappa shape index (κ3) is 3.02. The van der Waals surface area contributed by atoms with E-state index >= 15 is 0 Å². The zero-order valence-electron chi connectivity index (χ0n) is 23.2. The molecule has 10 rings (SSSR count). The van der Waals surface area contributed by atoms with Crippen LogP contribution in [0.15, 0.2) is 144 Å². The smallest absolute Gasteiger partial charge is 0.140 e. The van der Waals surface area contributed by atoms with E-state index in [1.54, 1.807) is 0 Å². The molecule has 200 valence electrons. The van der Waals surface area contributed by atoms with Crippen LogP contribution in [0.4, 0.5) is 0 Å². The lowest BCUT2D eigenvalue weighted by molar-refractivity contribution is 0.467. The summed E-state index contributed by atoms with van der Waals surface area (Å²) in [5, 5.41) is 11.8.